The monoisotopic (exact) mass is 1330 g/mol. The van der Waals surface area contributed by atoms with Crippen LogP contribution in [0.3, 0.4) is 0 Å². The molecule has 0 N–H and O–H groups in total. The molecule has 105 heavy (non-hydrogen) atoms. The van der Waals surface area contributed by atoms with Gasteiger partial charge in [-0.05, 0) is 175 Å². The second-order valence-corrected chi connectivity index (χ2v) is 27.3. The van der Waals surface area contributed by atoms with Crippen molar-refractivity contribution in [3.05, 3.63) is 387 Å². The molecule has 0 unspecified atom stereocenters. The van der Waals surface area contributed by atoms with E-state index in [0.717, 1.165) is 162 Å². The minimum atomic E-state index is -0.332. The Kier molecular flexibility index (Phi) is 14.4. The predicted molar refractivity (Wildman–Crippen MR) is 438 cm³/mol. The predicted octanol–water partition coefficient (Wildman–Crippen LogP) is 24.1. The molecule has 2 aliphatic heterocycles. The summed E-state index contributed by atoms with van der Waals surface area (Å²) in [7, 11) is 0. The van der Waals surface area contributed by atoms with Crippen LogP contribution in [0.5, 0.6) is 0 Å². The zero-order valence-electron chi connectivity index (χ0n) is 57.0. The molecule has 6 nitrogen and oxygen atoms in total. The number of nitriles is 1. The molecule has 0 aliphatic carbocycles. The van der Waals surface area contributed by atoms with Gasteiger partial charge in [-0.3, -0.25) is 0 Å². The van der Waals surface area contributed by atoms with E-state index in [9.17, 15) is 5.26 Å². The van der Waals surface area contributed by atoms with Crippen LogP contribution in [0.4, 0.5) is 39.8 Å². The Labute approximate surface area is 609 Å². The van der Waals surface area contributed by atoms with Crippen LogP contribution in [-0.2, 0) is 0 Å². The molecule has 18 aromatic rings. The molecule has 0 saturated carbocycles. The minimum absolute atomic E-state index is 0.332. The first-order valence-electron chi connectivity index (χ1n) is 35.7. The van der Waals surface area contributed by atoms with Crippen LogP contribution in [0.25, 0.3) is 138 Å². The van der Waals surface area contributed by atoms with Gasteiger partial charge in [0.2, 0.25) is 0 Å². The van der Waals surface area contributed by atoms with Crippen molar-refractivity contribution >= 4 is 107 Å². The number of hydrogen-bond acceptors (Lipinski definition) is 3. The van der Waals surface area contributed by atoms with Crippen LogP contribution in [0.2, 0.25) is 0 Å². The van der Waals surface area contributed by atoms with Gasteiger partial charge >= 0.3 is 0 Å². The van der Waals surface area contributed by atoms with E-state index in [1.54, 1.807) is 0 Å². The maximum absolute atomic E-state index is 10.5. The van der Waals surface area contributed by atoms with Crippen molar-refractivity contribution in [3.63, 3.8) is 0 Å². The van der Waals surface area contributed by atoms with E-state index >= 15 is 0 Å². The van der Waals surface area contributed by atoms with Gasteiger partial charge in [0.25, 0.3) is 6.71 Å². The summed E-state index contributed by atoms with van der Waals surface area (Å²) in [5.41, 5.74) is 31.7. The topological polar surface area (TPSA) is 44.5 Å². The minimum Gasteiger partial charge on any atom is -0.310 e. The van der Waals surface area contributed by atoms with Gasteiger partial charge < -0.3 is 18.9 Å². The van der Waals surface area contributed by atoms with Crippen LogP contribution in [0.15, 0.2) is 370 Å². The van der Waals surface area contributed by atoms with Gasteiger partial charge in [0, 0.05) is 77.9 Å². The van der Waals surface area contributed by atoms with E-state index < -0.39 is 0 Å². The van der Waals surface area contributed by atoms with Crippen molar-refractivity contribution in [3.8, 4) is 95.3 Å². The maximum atomic E-state index is 10.5. The summed E-state index contributed by atoms with van der Waals surface area (Å²) >= 11 is 0. The zero-order chi connectivity index (χ0) is 69.6. The van der Waals surface area contributed by atoms with E-state index in [-0.39, 0.29) is 6.71 Å². The van der Waals surface area contributed by atoms with Gasteiger partial charge in [-0.1, -0.05) is 267 Å². The number of rotatable bonds is 11. The summed E-state index contributed by atoms with van der Waals surface area (Å²) in [6.07, 6.45) is 0. The van der Waals surface area contributed by atoms with Crippen molar-refractivity contribution in [1.29, 1.82) is 5.26 Å². The molecular weight excluding hydrogens is 1270 g/mol. The lowest BCUT2D eigenvalue weighted by atomic mass is 9.33. The smallest absolute Gasteiger partial charge is 0.252 e. The number of nitrogens with zero attached hydrogens (tertiary/aromatic N) is 6. The average Bonchev–Trinajstić information content (AvgIpc) is 1.40. The van der Waals surface area contributed by atoms with E-state index in [4.69, 9.17) is 6.57 Å². The summed E-state index contributed by atoms with van der Waals surface area (Å²) in [6.45, 7) is 7.91. The van der Waals surface area contributed by atoms with Gasteiger partial charge in [-0.2, -0.15) is 5.26 Å². The Morgan fingerprint density at radius 3 is 0.990 bits per heavy atom. The molecule has 2 aromatic heterocycles. The summed E-state index contributed by atoms with van der Waals surface area (Å²) in [5, 5.41) is 15.2. The van der Waals surface area contributed by atoms with E-state index in [1.165, 1.54) is 21.5 Å². The molecule has 0 spiro atoms. The second-order valence-electron chi connectivity index (χ2n) is 27.3. The summed E-state index contributed by atoms with van der Waals surface area (Å²) < 4.78 is 4.91. The van der Waals surface area contributed by atoms with Gasteiger partial charge in [0.15, 0.2) is 5.69 Å². The molecule has 0 fully saturated rings. The fourth-order valence-electron chi connectivity index (χ4n) is 16.9. The highest BCUT2D eigenvalue weighted by molar-refractivity contribution is 7.00. The molecule has 0 bridgehead atoms. The second kappa shape index (κ2) is 24.8. The van der Waals surface area contributed by atoms with Gasteiger partial charge in [-0.15, -0.1) is 0 Å². The SMILES string of the molecule is [C-]#[N+]c1cccc(-c2cc(-c3ccccc3)c(N3c4cc(-n5c6ccccc6c6ccccc65)ccc4B4c5ccc(-n6c7ccccc7c7ccccc76)cc5N(c5c(-c6ccccc6)cc(-c6cccc(C#N)c6)cc5-c5ccccc5)c5cc(-c6ccccc6)cc3c54)c(-c3ccccc3)c2)c1. The normalized spacial score (nSPS) is 12.1. The molecule has 2 aliphatic rings. The third-order valence-corrected chi connectivity index (χ3v) is 21.5. The number of anilines is 6. The van der Waals surface area contributed by atoms with E-state index in [2.05, 4.69) is 363 Å². The molecule has 0 saturated heterocycles. The van der Waals surface area contributed by atoms with Gasteiger partial charge in [0.1, 0.15) is 0 Å². The largest absolute Gasteiger partial charge is 0.310 e. The zero-order valence-corrected chi connectivity index (χ0v) is 57.0. The Hall–Kier alpha value is -14.2. The Bertz CT molecular complexity index is 6020. The number of aromatic nitrogens is 2. The van der Waals surface area contributed by atoms with Crippen LogP contribution >= 0.6 is 0 Å². The third-order valence-electron chi connectivity index (χ3n) is 21.5. The molecule has 7 heteroatoms. The van der Waals surface area contributed by atoms with Crippen molar-refractivity contribution in [2.45, 2.75) is 0 Å². The van der Waals surface area contributed by atoms with Crippen molar-refractivity contribution in [2.24, 2.45) is 0 Å². The Morgan fingerprint density at radius 1 is 0.276 bits per heavy atom. The highest BCUT2D eigenvalue weighted by Crippen LogP contribution is 2.56. The molecule has 486 valence electrons. The summed E-state index contributed by atoms with van der Waals surface area (Å²) in [5.74, 6) is 0. The van der Waals surface area contributed by atoms with E-state index in [1.807, 2.05) is 36.4 Å². The van der Waals surface area contributed by atoms with Crippen LogP contribution in [0, 0.1) is 17.9 Å². The number of fused-ring (bicyclic) bond motifs is 10. The van der Waals surface area contributed by atoms with Gasteiger partial charge in [-0.25, -0.2) is 4.85 Å². The first-order valence-corrected chi connectivity index (χ1v) is 35.7. The lowest BCUT2D eigenvalue weighted by Gasteiger charge is -2.46. The number of benzene rings is 16. The van der Waals surface area contributed by atoms with Crippen LogP contribution < -0.4 is 26.2 Å². The highest BCUT2D eigenvalue weighted by Gasteiger charge is 2.46. The first kappa shape index (κ1) is 60.7. The molecule has 20 rings (SSSR count). The lowest BCUT2D eigenvalue weighted by Crippen LogP contribution is -2.61. The van der Waals surface area contributed by atoms with Crippen molar-refractivity contribution < 1.29 is 0 Å². The Morgan fingerprint density at radius 2 is 0.610 bits per heavy atom. The Balaban J connectivity index is 0.979. The quantitative estimate of drug-likeness (QED) is 0.0958. The van der Waals surface area contributed by atoms with Crippen molar-refractivity contribution in [1.82, 2.24) is 9.13 Å². The molecule has 4 heterocycles. The molecular formula is C98H61BN6. The first-order chi connectivity index (χ1) is 52.0. The lowest BCUT2D eigenvalue weighted by molar-refractivity contribution is 1.17. The molecule has 0 amide bonds. The summed E-state index contributed by atoms with van der Waals surface area (Å²) in [4.78, 5) is 9.23. The number of hydrogen-bond donors (Lipinski definition) is 0. The van der Waals surface area contributed by atoms with E-state index in [0.29, 0.717) is 11.3 Å². The molecule has 16 aromatic carbocycles. The maximum Gasteiger partial charge on any atom is 0.252 e. The fourth-order valence-corrected chi connectivity index (χ4v) is 16.9. The van der Waals surface area contributed by atoms with Gasteiger partial charge in [0.05, 0.1) is 51.6 Å². The highest BCUT2D eigenvalue weighted by atomic mass is 15.2. The summed E-state index contributed by atoms with van der Waals surface area (Å²) in [6, 6.07) is 137. The van der Waals surface area contributed by atoms with Crippen molar-refractivity contribution in [2.75, 3.05) is 9.80 Å². The molecule has 0 atom stereocenters. The fraction of sp³-hybridized carbons (Fsp3) is 0. The average molecular weight is 1330 g/mol. The third kappa shape index (κ3) is 9.94. The van der Waals surface area contributed by atoms with Crippen LogP contribution in [-0.4, -0.2) is 15.8 Å². The molecule has 0 radical (unpaired) electrons. The number of para-hydroxylation sites is 4. The van der Waals surface area contributed by atoms with Crippen LogP contribution in [0.1, 0.15) is 5.56 Å². The standard InChI is InChI=1S/C98H61BN6/c1-101-75-40-26-39-71(54-75)73-57-84(68-34-13-5-14-35-68)98(85(58-73)69-36-15-6-16-37-69)105-93-62-77(103-90-47-23-19-43-80(90)81-44-20-24-48-91(81)103)50-52-87(93)99-86-51-49-76(102-88-45-21-17-41-78(88)79-42-18-22-46-89(79)102)61-92(86)104(94-59-74(60-95(105)96(94)99)65-28-7-2-8-29-65)97-82(66-30-9-3-10-31-66)55-72(70-38-25-27-64(53-70)63-100)56-83(97)67-32-11-4-12-33-67/h2-62H.